The number of carbonyl (C=O) groups excluding carboxylic acids is 1. The van der Waals surface area contributed by atoms with Gasteiger partial charge < -0.3 is 19.1 Å². The molecule has 0 atom stereocenters. The molecule has 0 saturated carbocycles. The Balaban J connectivity index is 1.34. The van der Waals surface area contributed by atoms with E-state index in [2.05, 4.69) is 5.10 Å². The lowest BCUT2D eigenvalue weighted by atomic mass is 9.96. The number of nitrogens with zero attached hydrogens (tertiary/aromatic N) is 3. The molecule has 2 aromatic rings. The van der Waals surface area contributed by atoms with Crippen molar-refractivity contribution >= 4 is 5.91 Å². The van der Waals surface area contributed by atoms with Crippen LogP contribution in [0, 0.1) is 5.92 Å². The summed E-state index contributed by atoms with van der Waals surface area (Å²) in [6.45, 7) is 3.11. The van der Waals surface area contributed by atoms with Crippen LogP contribution in [0.3, 0.4) is 0 Å². The lowest BCUT2D eigenvalue weighted by molar-refractivity contribution is -0.0956. The van der Waals surface area contributed by atoms with Crippen molar-refractivity contribution in [3.8, 4) is 5.75 Å². The van der Waals surface area contributed by atoms with Crippen LogP contribution >= 0.6 is 0 Å². The second-order valence-electron chi connectivity index (χ2n) is 7.18. The van der Waals surface area contributed by atoms with Gasteiger partial charge in [0.25, 0.3) is 11.5 Å². The van der Waals surface area contributed by atoms with Gasteiger partial charge in [0.1, 0.15) is 18.1 Å². The summed E-state index contributed by atoms with van der Waals surface area (Å²) >= 11 is 0. The molecule has 4 rings (SSSR count). The molecule has 1 amide bonds. The topological polar surface area (TPSA) is 82.9 Å². The lowest BCUT2D eigenvalue weighted by Crippen LogP contribution is -2.42. The quantitative estimate of drug-likeness (QED) is 0.733. The number of hydrogen-bond donors (Lipinski definition) is 0. The number of carbonyl (C=O) groups is 1. The number of benzene rings is 1. The first-order valence-corrected chi connectivity index (χ1v) is 9.99. The third-order valence-corrected chi connectivity index (χ3v) is 5.26. The van der Waals surface area contributed by atoms with Crippen molar-refractivity contribution in [1.82, 2.24) is 14.7 Å². The molecule has 3 heterocycles. The molecule has 0 bridgehead atoms. The van der Waals surface area contributed by atoms with Crippen molar-refractivity contribution in [2.75, 3.05) is 32.9 Å². The normalized spacial score (nSPS) is 18.1. The second kappa shape index (κ2) is 9.19. The minimum absolute atomic E-state index is 0.142. The van der Waals surface area contributed by atoms with E-state index in [1.807, 2.05) is 30.3 Å². The maximum atomic E-state index is 12.8. The zero-order valence-corrected chi connectivity index (χ0v) is 16.2. The Morgan fingerprint density at radius 1 is 1.07 bits per heavy atom. The first-order valence-electron chi connectivity index (χ1n) is 9.99. The zero-order valence-electron chi connectivity index (χ0n) is 16.2. The van der Waals surface area contributed by atoms with E-state index in [1.54, 1.807) is 4.90 Å². The molecule has 2 aliphatic rings. The van der Waals surface area contributed by atoms with Crippen LogP contribution in [0.1, 0.15) is 23.3 Å². The average molecular weight is 399 g/mol. The fourth-order valence-electron chi connectivity index (χ4n) is 3.68. The highest BCUT2D eigenvalue weighted by Gasteiger charge is 2.32. The molecule has 1 aromatic heterocycles. The van der Waals surface area contributed by atoms with Crippen LogP contribution in [-0.2, 0) is 16.0 Å². The highest BCUT2D eigenvalue weighted by molar-refractivity contribution is 5.92. The van der Waals surface area contributed by atoms with E-state index >= 15 is 0 Å². The standard InChI is InChI=1S/C21H25N3O5/c25-19-7-6-18(22-24(19)12-13-27-17-4-2-1-3-5-17)20(26)23-10-8-16(9-11-23)21-28-14-15-29-21/h1-7,16,21H,8-15H2. The number of hydrogen-bond acceptors (Lipinski definition) is 6. The molecule has 0 radical (unpaired) electrons. The number of rotatable bonds is 6. The largest absolute Gasteiger partial charge is 0.492 e. The molecule has 8 nitrogen and oxygen atoms in total. The summed E-state index contributed by atoms with van der Waals surface area (Å²) < 4.78 is 18.1. The number of aromatic nitrogens is 2. The van der Waals surface area contributed by atoms with Gasteiger partial charge in [-0.15, -0.1) is 0 Å². The van der Waals surface area contributed by atoms with Crippen LogP contribution in [0.15, 0.2) is 47.3 Å². The monoisotopic (exact) mass is 399 g/mol. The fourth-order valence-corrected chi connectivity index (χ4v) is 3.68. The molecular formula is C21H25N3O5. The van der Waals surface area contributed by atoms with Gasteiger partial charge in [-0.2, -0.15) is 5.10 Å². The highest BCUT2D eigenvalue weighted by atomic mass is 16.7. The van der Waals surface area contributed by atoms with E-state index in [4.69, 9.17) is 14.2 Å². The predicted molar refractivity (Wildman–Crippen MR) is 105 cm³/mol. The van der Waals surface area contributed by atoms with Crippen LogP contribution in [0.25, 0.3) is 0 Å². The number of likely N-dealkylation sites (tertiary alicyclic amines) is 1. The molecule has 29 heavy (non-hydrogen) atoms. The zero-order chi connectivity index (χ0) is 20.1. The summed E-state index contributed by atoms with van der Waals surface area (Å²) in [6.07, 6.45) is 1.53. The smallest absolute Gasteiger partial charge is 0.274 e. The predicted octanol–water partition coefficient (Wildman–Crippen LogP) is 1.55. The molecule has 0 unspecified atom stereocenters. The number of piperidine rings is 1. The molecule has 2 aliphatic heterocycles. The summed E-state index contributed by atoms with van der Waals surface area (Å²) in [5.41, 5.74) is 0.0172. The van der Waals surface area contributed by atoms with Crippen LogP contribution in [0.2, 0.25) is 0 Å². The van der Waals surface area contributed by atoms with E-state index in [1.165, 1.54) is 16.8 Å². The Morgan fingerprint density at radius 2 is 1.79 bits per heavy atom. The SMILES string of the molecule is O=C(c1ccc(=O)n(CCOc2ccccc2)n1)N1CCC(C2OCCO2)CC1. The Labute approximate surface area is 169 Å². The molecule has 2 saturated heterocycles. The molecule has 0 spiro atoms. The van der Waals surface area contributed by atoms with Gasteiger partial charge in [0.15, 0.2) is 6.29 Å². The Morgan fingerprint density at radius 3 is 2.52 bits per heavy atom. The van der Waals surface area contributed by atoms with Crippen LogP contribution < -0.4 is 10.3 Å². The van der Waals surface area contributed by atoms with E-state index in [0.717, 1.165) is 18.6 Å². The second-order valence-corrected chi connectivity index (χ2v) is 7.18. The highest BCUT2D eigenvalue weighted by Crippen LogP contribution is 2.26. The molecule has 8 heteroatoms. The molecule has 0 aliphatic carbocycles. The van der Waals surface area contributed by atoms with Crippen LogP contribution in [0.5, 0.6) is 5.75 Å². The summed E-state index contributed by atoms with van der Waals surface area (Å²) in [6, 6.07) is 12.2. The van der Waals surface area contributed by atoms with Crippen molar-refractivity contribution in [2.24, 2.45) is 5.92 Å². The van der Waals surface area contributed by atoms with Gasteiger partial charge in [-0.3, -0.25) is 9.59 Å². The maximum absolute atomic E-state index is 12.8. The summed E-state index contributed by atoms with van der Waals surface area (Å²) in [5, 5.41) is 4.26. The maximum Gasteiger partial charge on any atom is 0.274 e. The van der Waals surface area contributed by atoms with Crippen molar-refractivity contribution in [2.45, 2.75) is 25.7 Å². The molecule has 2 fully saturated rings. The Bertz CT molecular complexity index is 871. The van der Waals surface area contributed by atoms with E-state index in [-0.39, 0.29) is 30.0 Å². The van der Waals surface area contributed by atoms with Gasteiger partial charge in [-0.05, 0) is 31.0 Å². The van der Waals surface area contributed by atoms with E-state index in [9.17, 15) is 9.59 Å². The van der Waals surface area contributed by atoms with Gasteiger partial charge in [0.2, 0.25) is 0 Å². The first-order chi connectivity index (χ1) is 14.2. The van der Waals surface area contributed by atoms with Crippen molar-refractivity contribution in [1.29, 1.82) is 0 Å². The van der Waals surface area contributed by atoms with Crippen molar-refractivity contribution < 1.29 is 19.0 Å². The molecular weight excluding hydrogens is 374 g/mol. The van der Waals surface area contributed by atoms with Crippen molar-refractivity contribution in [3.63, 3.8) is 0 Å². The fraction of sp³-hybridized carbons (Fsp3) is 0.476. The van der Waals surface area contributed by atoms with E-state index in [0.29, 0.717) is 38.8 Å². The summed E-state index contributed by atoms with van der Waals surface area (Å²) in [4.78, 5) is 26.7. The first kappa shape index (κ1) is 19.6. The minimum Gasteiger partial charge on any atom is -0.492 e. The van der Waals surface area contributed by atoms with Crippen molar-refractivity contribution in [3.05, 3.63) is 58.5 Å². The number of ether oxygens (including phenoxy) is 3. The average Bonchev–Trinajstić information content (AvgIpc) is 3.30. The number of amides is 1. The summed E-state index contributed by atoms with van der Waals surface area (Å²) in [5.74, 6) is 0.888. The van der Waals surface area contributed by atoms with Gasteiger partial charge >= 0.3 is 0 Å². The summed E-state index contributed by atoms with van der Waals surface area (Å²) in [7, 11) is 0. The van der Waals surface area contributed by atoms with E-state index < -0.39 is 0 Å². The van der Waals surface area contributed by atoms with Gasteiger partial charge in [-0.1, -0.05) is 18.2 Å². The third-order valence-electron chi connectivity index (χ3n) is 5.26. The Hall–Kier alpha value is -2.71. The number of para-hydroxylation sites is 1. The van der Waals surface area contributed by atoms with Gasteiger partial charge in [-0.25, -0.2) is 4.68 Å². The van der Waals surface area contributed by atoms with Gasteiger partial charge in [0.05, 0.1) is 19.8 Å². The van der Waals surface area contributed by atoms with Crippen LogP contribution in [0.4, 0.5) is 0 Å². The van der Waals surface area contributed by atoms with Crippen LogP contribution in [-0.4, -0.2) is 59.8 Å². The molecule has 154 valence electrons. The van der Waals surface area contributed by atoms with Gasteiger partial charge in [0, 0.05) is 25.1 Å². The lowest BCUT2D eigenvalue weighted by Gasteiger charge is -2.33. The molecule has 1 aromatic carbocycles. The molecule has 0 N–H and O–H groups in total. The minimum atomic E-state index is -0.257. The third kappa shape index (κ3) is 4.83. The Kier molecular flexibility index (Phi) is 6.21.